The second-order valence-corrected chi connectivity index (χ2v) is 6.36. The summed E-state index contributed by atoms with van der Waals surface area (Å²) >= 11 is 2.00. The molecule has 0 amide bonds. The van der Waals surface area contributed by atoms with E-state index in [-0.39, 0.29) is 0 Å². The maximum atomic E-state index is 3.40. The molecule has 1 N–H and O–H groups in total. The first kappa shape index (κ1) is 13.0. The summed E-state index contributed by atoms with van der Waals surface area (Å²) in [6, 6.07) is 7.64. The Morgan fingerprint density at radius 1 is 1.29 bits per heavy atom. The summed E-state index contributed by atoms with van der Waals surface area (Å²) in [5.74, 6) is 0. The van der Waals surface area contributed by atoms with Gasteiger partial charge in [0.25, 0.3) is 0 Å². The molecule has 2 rings (SSSR count). The summed E-state index contributed by atoms with van der Waals surface area (Å²) in [5, 5.41) is 4.03. The Labute approximate surface area is 109 Å². The topological polar surface area (TPSA) is 12.0 Å². The zero-order valence-corrected chi connectivity index (χ0v) is 11.9. The molecule has 1 aliphatic carbocycles. The van der Waals surface area contributed by atoms with E-state index in [2.05, 4.69) is 44.4 Å². The van der Waals surface area contributed by atoms with Crippen molar-refractivity contribution in [2.45, 2.75) is 55.7 Å². The summed E-state index contributed by atoms with van der Waals surface area (Å²) < 4.78 is 0. The van der Waals surface area contributed by atoms with Gasteiger partial charge in [-0.05, 0) is 56.0 Å². The second kappa shape index (κ2) is 5.92. The number of aryl methyl sites for hydroxylation is 2. The predicted octanol–water partition coefficient (Wildman–Crippen LogP) is 3.65. The van der Waals surface area contributed by atoms with Gasteiger partial charge in [0, 0.05) is 16.2 Å². The highest BCUT2D eigenvalue weighted by Crippen LogP contribution is 2.31. The second-order valence-electron chi connectivity index (χ2n) is 4.91. The van der Waals surface area contributed by atoms with Crippen molar-refractivity contribution in [3.8, 4) is 0 Å². The molecule has 17 heavy (non-hydrogen) atoms. The van der Waals surface area contributed by atoms with Gasteiger partial charge in [-0.3, -0.25) is 0 Å². The third-order valence-corrected chi connectivity index (χ3v) is 5.00. The standard InChI is InChI=1S/C15H23NS/c1-4-15(16-3)11(2)17-14-9-8-12-6-5-7-13(12)10-14/h8-11,15-16H,4-7H2,1-3H3. The van der Waals surface area contributed by atoms with Crippen molar-refractivity contribution in [1.82, 2.24) is 5.32 Å². The molecule has 2 atom stereocenters. The molecule has 2 heteroatoms. The molecule has 2 unspecified atom stereocenters. The van der Waals surface area contributed by atoms with Crippen LogP contribution in [0, 0.1) is 0 Å². The summed E-state index contributed by atoms with van der Waals surface area (Å²) in [5.41, 5.74) is 3.15. The van der Waals surface area contributed by atoms with Gasteiger partial charge in [0.05, 0.1) is 0 Å². The zero-order chi connectivity index (χ0) is 12.3. The molecule has 0 saturated heterocycles. The lowest BCUT2D eigenvalue weighted by molar-refractivity contribution is 0.541. The minimum Gasteiger partial charge on any atom is -0.316 e. The SMILES string of the molecule is CCC(NC)C(C)Sc1ccc2c(c1)CCC2. The Morgan fingerprint density at radius 3 is 2.76 bits per heavy atom. The lowest BCUT2D eigenvalue weighted by Crippen LogP contribution is -2.33. The average Bonchev–Trinajstić information content (AvgIpc) is 2.77. The van der Waals surface area contributed by atoms with E-state index in [1.807, 2.05) is 11.8 Å². The molecule has 0 spiro atoms. The molecule has 1 aromatic rings. The first-order valence-corrected chi connectivity index (χ1v) is 7.58. The van der Waals surface area contributed by atoms with Crippen LogP contribution in [0.3, 0.4) is 0 Å². The van der Waals surface area contributed by atoms with Crippen LogP contribution >= 0.6 is 11.8 Å². The van der Waals surface area contributed by atoms with Crippen LogP contribution in [-0.2, 0) is 12.8 Å². The fourth-order valence-electron chi connectivity index (χ4n) is 2.69. The Balaban J connectivity index is 2.03. The zero-order valence-electron chi connectivity index (χ0n) is 11.1. The van der Waals surface area contributed by atoms with E-state index in [1.165, 1.54) is 30.6 Å². The first-order chi connectivity index (χ1) is 8.24. The molecule has 0 saturated carbocycles. The minimum atomic E-state index is 0.605. The van der Waals surface area contributed by atoms with Gasteiger partial charge in [-0.1, -0.05) is 19.9 Å². The van der Waals surface area contributed by atoms with Gasteiger partial charge in [0.15, 0.2) is 0 Å². The fourth-order valence-corrected chi connectivity index (χ4v) is 3.97. The van der Waals surface area contributed by atoms with Gasteiger partial charge in [-0.15, -0.1) is 11.8 Å². The molecule has 0 bridgehead atoms. The molecular formula is C15H23NS. The highest BCUT2D eigenvalue weighted by Gasteiger charge is 2.16. The van der Waals surface area contributed by atoms with Crippen LogP contribution < -0.4 is 5.32 Å². The number of fused-ring (bicyclic) bond motifs is 1. The third-order valence-electron chi connectivity index (χ3n) is 3.77. The number of hydrogen-bond acceptors (Lipinski definition) is 2. The van der Waals surface area contributed by atoms with Gasteiger partial charge in [-0.25, -0.2) is 0 Å². The first-order valence-electron chi connectivity index (χ1n) is 6.70. The Bertz CT molecular complexity index is 371. The molecule has 0 radical (unpaired) electrons. The van der Waals surface area contributed by atoms with Gasteiger partial charge in [-0.2, -0.15) is 0 Å². The van der Waals surface area contributed by atoms with E-state index in [4.69, 9.17) is 0 Å². The molecule has 94 valence electrons. The molecule has 1 aromatic carbocycles. The van der Waals surface area contributed by atoms with Crippen LogP contribution in [-0.4, -0.2) is 18.3 Å². The third kappa shape index (κ3) is 3.05. The highest BCUT2D eigenvalue weighted by atomic mass is 32.2. The van der Waals surface area contributed by atoms with Crippen LogP contribution in [0.2, 0.25) is 0 Å². The van der Waals surface area contributed by atoms with Crippen molar-refractivity contribution in [3.63, 3.8) is 0 Å². The molecule has 1 aliphatic rings. The van der Waals surface area contributed by atoms with E-state index >= 15 is 0 Å². The largest absolute Gasteiger partial charge is 0.316 e. The van der Waals surface area contributed by atoms with Gasteiger partial charge >= 0.3 is 0 Å². The Hall–Kier alpha value is -0.470. The summed E-state index contributed by atoms with van der Waals surface area (Å²) in [7, 11) is 2.06. The van der Waals surface area contributed by atoms with Gasteiger partial charge in [0.1, 0.15) is 0 Å². The van der Waals surface area contributed by atoms with Crippen molar-refractivity contribution in [3.05, 3.63) is 29.3 Å². The summed E-state index contributed by atoms with van der Waals surface area (Å²) in [4.78, 5) is 1.44. The van der Waals surface area contributed by atoms with Crippen LogP contribution in [0.15, 0.2) is 23.1 Å². The van der Waals surface area contributed by atoms with Crippen LogP contribution in [0.5, 0.6) is 0 Å². The predicted molar refractivity (Wildman–Crippen MR) is 76.9 cm³/mol. The molecular weight excluding hydrogens is 226 g/mol. The van der Waals surface area contributed by atoms with Crippen molar-refractivity contribution < 1.29 is 0 Å². The molecule has 0 fully saturated rings. The minimum absolute atomic E-state index is 0.605. The van der Waals surface area contributed by atoms with Crippen molar-refractivity contribution in [1.29, 1.82) is 0 Å². The smallest absolute Gasteiger partial charge is 0.0219 e. The maximum absolute atomic E-state index is 3.40. The number of benzene rings is 1. The normalized spacial score (nSPS) is 17.8. The van der Waals surface area contributed by atoms with Crippen LogP contribution in [0.1, 0.15) is 37.8 Å². The average molecular weight is 249 g/mol. The van der Waals surface area contributed by atoms with Crippen LogP contribution in [0.4, 0.5) is 0 Å². The van der Waals surface area contributed by atoms with Crippen LogP contribution in [0.25, 0.3) is 0 Å². The molecule has 0 heterocycles. The van der Waals surface area contributed by atoms with Crippen molar-refractivity contribution in [2.75, 3.05) is 7.05 Å². The van der Waals surface area contributed by atoms with Crippen molar-refractivity contribution >= 4 is 11.8 Å². The van der Waals surface area contributed by atoms with E-state index in [0.29, 0.717) is 11.3 Å². The molecule has 0 aromatic heterocycles. The Kier molecular flexibility index (Phi) is 4.52. The maximum Gasteiger partial charge on any atom is 0.0219 e. The number of hydrogen-bond donors (Lipinski definition) is 1. The lowest BCUT2D eigenvalue weighted by atomic mass is 10.1. The van der Waals surface area contributed by atoms with E-state index in [1.54, 1.807) is 11.1 Å². The molecule has 0 aliphatic heterocycles. The van der Waals surface area contributed by atoms with E-state index < -0.39 is 0 Å². The number of thioether (sulfide) groups is 1. The van der Waals surface area contributed by atoms with Gasteiger partial charge in [0.2, 0.25) is 0 Å². The fraction of sp³-hybridized carbons (Fsp3) is 0.600. The van der Waals surface area contributed by atoms with Gasteiger partial charge < -0.3 is 5.32 Å². The molecule has 1 nitrogen and oxygen atoms in total. The number of rotatable bonds is 5. The Morgan fingerprint density at radius 2 is 2.06 bits per heavy atom. The number of nitrogens with one attached hydrogen (secondary N) is 1. The monoisotopic (exact) mass is 249 g/mol. The van der Waals surface area contributed by atoms with E-state index in [9.17, 15) is 0 Å². The lowest BCUT2D eigenvalue weighted by Gasteiger charge is -2.21. The van der Waals surface area contributed by atoms with E-state index in [0.717, 1.165) is 0 Å². The quantitative estimate of drug-likeness (QED) is 0.799. The summed E-state index contributed by atoms with van der Waals surface area (Å²) in [6.07, 6.45) is 5.09. The summed E-state index contributed by atoms with van der Waals surface area (Å²) in [6.45, 7) is 4.57. The highest BCUT2D eigenvalue weighted by molar-refractivity contribution is 8.00. The van der Waals surface area contributed by atoms with Crippen molar-refractivity contribution in [2.24, 2.45) is 0 Å².